The number of H-pyrrole nitrogens is 1. The zero-order valence-electron chi connectivity index (χ0n) is 25.8. The number of nitriles is 2. The monoisotopic (exact) mass is 626 g/mol. The zero-order valence-corrected chi connectivity index (χ0v) is 25.8. The normalized spacial score (nSPS) is 16.3. The van der Waals surface area contributed by atoms with E-state index in [9.17, 15) is 23.7 Å². The van der Waals surface area contributed by atoms with Crippen LogP contribution >= 0.6 is 0 Å². The van der Waals surface area contributed by atoms with Crippen LogP contribution in [0, 0.1) is 35.0 Å². The van der Waals surface area contributed by atoms with Gasteiger partial charge in [-0.05, 0) is 54.0 Å². The van der Waals surface area contributed by atoms with Crippen molar-refractivity contribution in [3.8, 4) is 23.3 Å². The smallest absolute Gasteiger partial charge is 0.383 e. The van der Waals surface area contributed by atoms with Crippen LogP contribution in [0.15, 0.2) is 60.8 Å². The van der Waals surface area contributed by atoms with E-state index in [1.807, 2.05) is 31.2 Å². The largest absolute Gasteiger partial charge is 0.413 e. The number of hydrazine groups is 2. The van der Waals surface area contributed by atoms with Crippen molar-refractivity contribution in [1.29, 1.82) is 10.5 Å². The molecular formula is C33H33F3N10. The molecule has 0 radical (unpaired) electrons. The summed E-state index contributed by atoms with van der Waals surface area (Å²) in [7, 11) is 0. The first-order valence-corrected chi connectivity index (χ1v) is 14.8. The Bertz CT molecular complexity index is 1910. The fraction of sp³-hybridized carbons (Fsp3) is 0.333. The number of hydrogen-bond acceptors (Lipinski definition) is 9. The number of anilines is 2. The number of alkyl halides is 3. The molecule has 2 aromatic heterocycles. The fourth-order valence-electron chi connectivity index (χ4n) is 5.75. The lowest BCUT2D eigenvalue weighted by Crippen LogP contribution is -2.52. The van der Waals surface area contributed by atoms with Crippen LogP contribution in [-0.4, -0.2) is 38.5 Å². The maximum atomic E-state index is 14.1. The molecule has 6 rings (SSSR count). The Morgan fingerprint density at radius 3 is 2.48 bits per heavy atom. The van der Waals surface area contributed by atoms with Crippen molar-refractivity contribution in [1.82, 2.24) is 31.2 Å². The number of pyridine rings is 1. The van der Waals surface area contributed by atoms with Crippen LogP contribution in [0.25, 0.3) is 22.0 Å². The van der Waals surface area contributed by atoms with Gasteiger partial charge in [-0.15, -0.1) is 5.53 Å². The molecule has 1 saturated carbocycles. The van der Waals surface area contributed by atoms with Gasteiger partial charge >= 0.3 is 6.18 Å². The summed E-state index contributed by atoms with van der Waals surface area (Å²) < 4.78 is 42.2. The third-order valence-corrected chi connectivity index (χ3v) is 8.43. The molecule has 0 amide bonds. The molecule has 1 fully saturated rings. The van der Waals surface area contributed by atoms with Crippen LogP contribution in [0.3, 0.4) is 0 Å². The first kappa shape index (κ1) is 30.7. The Morgan fingerprint density at radius 2 is 1.85 bits per heavy atom. The maximum Gasteiger partial charge on any atom is 0.413 e. The summed E-state index contributed by atoms with van der Waals surface area (Å²) in [5.41, 5.74) is 9.67. The first-order valence-electron chi connectivity index (χ1n) is 14.8. The van der Waals surface area contributed by atoms with Crippen LogP contribution in [0.5, 0.6) is 0 Å². The van der Waals surface area contributed by atoms with Crippen molar-refractivity contribution in [2.24, 2.45) is 5.41 Å². The third kappa shape index (κ3) is 5.54. The molecule has 0 saturated heterocycles. The SMILES string of the molecule is Cc1c(-c2cn[nH]c2)cccc1[C@H](Nc1cc(C#N)c2ncc(C#N)c(NCC(C)(C)C)c2c1)C1=CN(C2(C(F)(F)F)CC2)NN1. The number of nitrogens with one attached hydrogen (secondary N) is 5. The average molecular weight is 627 g/mol. The zero-order chi connectivity index (χ0) is 32.9. The Labute approximate surface area is 264 Å². The number of halogens is 3. The number of aromatic nitrogens is 3. The van der Waals surface area contributed by atoms with Gasteiger partial charge < -0.3 is 16.1 Å². The molecule has 0 unspecified atom stereocenters. The Balaban J connectivity index is 1.48. The summed E-state index contributed by atoms with van der Waals surface area (Å²) in [5, 5.41) is 35.5. The molecule has 1 aliphatic carbocycles. The van der Waals surface area contributed by atoms with E-state index < -0.39 is 17.8 Å². The number of aromatic amines is 1. The molecule has 13 heteroatoms. The second-order valence-corrected chi connectivity index (χ2v) is 12.9. The van der Waals surface area contributed by atoms with Crippen LogP contribution in [0.1, 0.15) is 61.9 Å². The Morgan fingerprint density at radius 1 is 1.09 bits per heavy atom. The minimum Gasteiger partial charge on any atom is -0.383 e. The van der Waals surface area contributed by atoms with Crippen molar-refractivity contribution >= 4 is 22.3 Å². The first-order chi connectivity index (χ1) is 21.8. The average Bonchev–Trinajstić information content (AvgIpc) is 3.41. The maximum absolute atomic E-state index is 14.1. The van der Waals surface area contributed by atoms with Crippen LogP contribution in [-0.2, 0) is 0 Å². The van der Waals surface area contributed by atoms with E-state index in [1.165, 1.54) is 12.4 Å². The van der Waals surface area contributed by atoms with Gasteiger partial charge in [-0.1, -0.05) is 39.0 Å². The highest BCUT2D eigenvalue weighted by molar-refractivity contribution is 5.99. The van der Waals surface area contributed by atoms with Gasteiger partial charge in [-0.25, -0.2) is 0 Å². The highest BCUT2D eigenvalue weighted by Gasteiger charge is 2.67. The molecule has 3 heterocycles. The topological polar surface area (TPSA) is 141 Å². The molecule has 2 aromatic carbocycles. The molecule has 10 nitrogen and oxygen atoms in total. The highest BCUT2D eigenvalue weighted by atomic mass is 19.4. The van der Waals surface area contributed by atoms with Crippen LogP contribution in [0.2, 0.25) is 0 Å². The van der Waals surface area contributed by atoms with Gasteiger partial charge in [0.1, 0.15) is 12.1 Å². The van der Waals surface area contributed by atoms with Crippen molar-refractivity contribution in [3.63, 3.8) is 0 Å². The van der Waals surface area contributed by atoms with E-state index >= 15 is 0 Å². The standard InChI is InChI=1S/C33H33F3N10/c1-19-24(22-15-41-42-16-22)6-5-7-25(19)30(27-17-46(45-44-27)32(8-9-32)33(34,35)36)43-23-10-20(12-37)28-26(11-23)29(21(13-38)14-39-28)40-18-31(2,3)4/h5-7,10-11,14-17,30,43-45H,8-9,18H2,1-4H3,(H,39,40)(H,41,42)/t30-/m0/s1. The molecule has 2 aliphatic rings. The lowest BCUT2D eigenvalue weighted by molar-refractivity contribution is -0.195. The van der Waals surface area contributed by atoms with E-state index in [-0.39, 0.29) is 23.8 Å². The number of nitrogens with zero attached hydrogens (tertiary/aromatic N) is 5. The highest BCUT2D eigenvalue weighted by Crippen LogP contribution is 2.54. The van der Waals surface area contributed by atoms with Gasteiger partial charge in [0, 0.05) is 41.8 Å². The molecular weight excluding hydrogens is 593 g/mol. The molecule has 5 N–H and O–H groups in total. The second kappa shape index (κ2) is 11.3. The summed E-state index contributed by atoms with van der Waals surface area (Å²) in [4.78, 5) is 4.44. The van der Waals surface area contributed by atoms with Gasteiger partial charge in [-0.2, -0.15) is 28.8 Å². The van der Waals surface area contributed by atoms with Gasteiger partial charge in [-0.3, -0.25) is 15.1 Å². The Hall–Kier alpha value is -5.27. The van der Waals surface area contributed by atoms with Crippen molar-refractivity contribution in [2.45, 2.75) is 58.3 Å². The fourth-order valence-corrected chi connectivity index (χ4v) is 5.75. The minimum absolute atomic E-state index is 0.0170. The van der Waals surface area contributed by atoms with E-state index in [2.05, 4.69) is 69.7 Å². The second-order valence-electron chi connectivity index (χ2n) is 12.9. The molecule has 4 aromatic rings. The van der Waals surface area contributed by atoms with Crippen LogP contribution in [0.4, 0.5) is 24.5 Å². The summed E-state index contributed by atoms with van der Waals surface area (Å²) >= 11 is 0. The number of hydrogen-bond donors (Lipinski definition) is 5. The molecule has 46 heavy (non-hydrogen) atoms. The Kier molecular flexibility index (Phi) is 7.53. The van der Waals surface area contributed by atoms with Gasteiger partial charge in [0.2, 0.25) is 0 Å². The van der Waals surface area contributed by atoms with Gasteiger partial charge in [0.05, 0.1) is 40.3 Å². The van der Waals surface area contributed by atoms with E-state index in [4.69, 9.17) is 0 Å². The minimum atomic E-state index is -4.42. The third-order valence-electron chi connectivity index (χ3n) is 8.43. The summed E-state index contributed by atoms with van der Waals surface area (Å²) in [6, 6.07) is 13.0. The van der Waals surface area contributed by atoms with Crippen LogP contribution < -0.4 is 21.6 Å². The summed E-state index contributed by atoms with van der Waals surface area (Å²) in [6.45, 7) is 8.71. The van der Waals surface area contributed by atoms with Crippen molar-refractivity contribution in [3.05, 3.63) is 83.1 Å². The number of rotatable bonds is 8. The molecule has 0 spiro atoms. The lowest BCUT2D eigenvalue weighted by Gasteiger charge is -2.28. The van der Waals surface area contributed by atoms with E-state index in [0.29, 0.717) is 40.1 Å². The molecule has 1 atom stereocenters. The lowest BCUT2D eigenvalue weighted by atomic mass is 9.92. The van der Waals surface area contributed by atoms with Crippen molar-refractivity contribution in [2.75, 3.05) is 17.2 Å². The molecule has 1 aliphatic heterocycles. The predicted octanol–water partition coefficient (Wildman–Crippen LogP) is 6.55. The van der Waals surface area contributed by atoms with Gasteiger partial charge in [0.15, 0.2) is 5.54 Å². The predicted molar refractivity (Wildman–Crippen MR) is 168 cm³/mol. The summed E-state index contributed by atoms with van der Waals surface area (Å²) in [6.07, 6.45) is 1.94. The quantitative estimate of drug-likeness (QED) is 0.147. The summed E-state index contributed by atoms with van der Waals surface area (Å²) in [5.74, 6) is 0. The number of benzene rings is 2. The molecule has 0 bridgehead atoms. The van der Waals surface area contributed by atoms with E-state index in [0.717, 1.165) is 27.3 Å². The van der Waals surface area contributed by atoms with E-state index in [1.54, 1.807) is 18.5 Å². The molecule has 236 valence electrons. The van der Waals surface area contributed by atoms with Crippen molar-refractivity contribution < 1.29 is 13.2 Å². The van der Waals surface area contributed by atoms with Gasteiger partial charge in [0.25, 0.3) is 0 Å². The number of fused-ring (bicyclic) bond motifs is 1.